The summed E-state index contributed by atoms with van der Waals surface area (Å²) in [7, 11) is 0. The van der Waals surface area contributed by atoms with Crippen LogP contribution in [0.2, 0.25) is 0 Å². The maximum absolute atomic E-state index is 5.26. The normalized spacial score (nSPS) is 10.5. The van der Waals surface area contributed by atoms with Gasteiger partial charge >= 0.3 is 0 Å². The lowest BCUT2D eigenvalue weighted by atomic mass is 10.2. The van der Waals surface area contributed by atoms with Crippen LogP contribution < -0.4 is 0 Å². The highest BCUT2D eigenvalue weighted by Crippen LogP contribution is 2.19. The van der Waals surface area contributed by atoms with Gasteiger partial charge in [0.25, 0.3) is 0 Å². The average molecular weight is 500 g/mol. The molecule has 4 aromatic heterocycles. The number of furan rings is 1. The van der Waals surface area contributed by atoms with Gasteiger partial charge in [-0.15, -0.1) is 0 Å². The Morgan fingerprint density at radius 1 is 0.649 bits per heavy atom. The minimum absolute atomic E-state index is 0.722. The second-order valence-electron chi connectivity index (χ2n) is 7.81. The van der Waals surface area contributed by atoms with E-state index >= 15 is 0 Å². The molecule has 0 unspecified atom stereocenters. The molecule has 198 valence electrons. The van der Waals surface area contributed by atoms with Crippen molar-refractivity contribution < 1.29 is 4.42 Å². The van der Waals surface area contributed by atoms with Gasteiger partial charge in [0.15, 0.2) is 0 Å². The summed E-state index contributed by atoms with van der Waals surface area (Å²) >= 11 is 0. The van der Waals surface area contributed by atoms with E-state index < -0.39 is 0 Å². The maximum atomic E-state index is 5.26. The third kappa shape index (κ3) is 10.2. The maximum Gasteiger partial charge on any atom is 0.226 e. The van der Waals surface area contributed by atoms with Crippen molar-refractivity contribution in [1.82, 2.24) is 15.0 Å². The van der Waals surface area contributed by atoms with Crippen molar-refractivity contribution in [1.29, 1.82) is 0 Å². The highest BCUT2D eigenvalue weighted by atomic mass is 16.3. The summed E-state index contributed by atoms with van der Waals surface area (Å²) in [6, 6.07) is 22.4. The van der Waals surface area contributed by atoms with E-state index in [9.17, 15) is 0 Å². The van der Waals surface area contributed by atoms with E-state index in [0.717, 1.165) is 33.8 Å². The van der Waals surface area contributed by atoms with Gasteiger partial charge in [-0.05, 0) is 82.0 Å². The van der Waals surface area contributed by atoms with Gasteiger partial charge in [-0.1, -0.05) is 71.9 Å². The zero-order valence-corrected chi connectivity index (χ0v) is 24.3. The molecule has 1 aromatic carbocycles. The van der Waals surface area contributed by atoms with E-state index in [1.807, 2.05) is 97.9 Å². The SMILES string of the molecule is CC.CC.CC.Cc1cc2cccnc2o1.Cc1ccc2c(n1)CCC2.Cc1ccc2ccccc2n1. The summed E-state index contributed by atoms with van der Waals surface area (Å²) in [6.07, 6.45) is 5.46. The third-order valence-electron chi connectivity index (χ3n) is 5.22. The molecule has 0 radical (unpaired) electrons. The lowest BCUT2D eigenvalue weighted by Gasteiger charge is -1.97. The predicted molar refractivity (Wildman–Crippen MR) is 160 cm³/mol. The first-order chi connectivity index (χ1) is 18.1. The molecule has 37 heavy (non-hydrogen) atoms. The van der Waals surface area contributed by atoms with Crippen molar-refractivity contribution in [3.8, 4) is 0 Å². The molecular weight excluding hydrogens is 454 g/mol. The molecule has 4 heterocycles. The molecule has 4 nitrogen and oxygen atoms in total. The fourth-order valence-electron chi connectivity index (χ4n) is 3.70. The van der Waals surface area contributed by atoms with Crippen molar-refractivity contribution in [3.05, 3.63) is 101 Å². The Morgan fingerprint density at radius 2 is 1.30 bits per heavy atom. The summed E-state index contributed by atoms with van der Waals surface area (Å²) < 4.78 is 5.26. The molecule has 4 heteroatoms. The Labute approximate surface area is 224 Å². The van der Waals surface area contributed by atoms with E-state index in [1.165, 1.54) is 35.9 Å². The first-order valence-corrected chi connectivity index (χ1v) is 13.7. The largest absolute Gasteiger partial charge is 0.443 e. The minimum Gasteiger partial charge on any atom is -0.443 e. The van der Waals surface area contributed by atoms with E-state index in [2.05, 4.69) is 46.1 Å². The van der Waals surface area contributed by atoms with E-state index in [0.29, 0.717) is 0 Å². The Bertz CT molecular complexity index is 1270. The summed E-state index contributed by atoms with van der Waals surface area (Å²) in [5.41, 5.74) is 6.82. The highest BCUT2D eigenvalue weighted by molar-refractivity contribution is 5.78. The van der Waals surface area contributed by atoms with Gasteiger partial charge in [0.05, 0.1) is 5.52 Å². The van der Waals surface area contributed by atoms with E-state index in [1.54, 1.807) is 6.20 Å². The molecule has 0 atom stereocenters. The number of aryl methyl sites for hydroxylation is 5. The van der Waals surface area contributed by atoms with Crippen LogP contribution in [0.3, 0.4) is 0 Å². The number of rotatable bonds is 0. The Hall–Kier alpha value is -3.53. The molecule has 0 saturated carbocycles. The van der Waals surface area contributed by atoms with Gasteiger partial charge in [0.1, 0.15) is 5.76 Å². The Balaban J connectivity index is 0.000000252. The second kappa shape index (κ2) is 17.8. The Kier molecular flexibility index (Phi) is 15.2. The van der Waals surface area contributed by atoms with Crippen LogP contribution in [0.1, 0.15) is 76.4 Å². The van der Waals surface area contributed by atoms with Crippen LogP contribution >= 0.6 is 0 Å². The van der Waals surface area contributed by atoms with Crippen LogP contribution in [0.5, 0.6) is 0 Å². The number of fused-ring (bicyclic) bond motifs is 3. The third-order valence-corrected chi connectivity index (χ3v) is 5.22. The van der Waals surface area contributed by atoms with Crippen LogP contribution in [-0.4, -0.2) is 15.0 Å². The van der Waals surface area contributed by atoms with Gasteiger partial charge < -0.3 is 4.42 Å². The van der Waals surface area contributed by atoms with Crippen LogP contribution in [0, 0.1) is 20.8 Å². The fourth-order valence-corrected chi connectivity index (χ4v) is 3.70. The van der Waals surface area contributed by atoms with Crippen molar-refractivity contribution >= 4 is 22.0 Å². The number of aromatic nitrogens is 3. The lowest BCUT2D eigenvalue weighted by molar-refractivity contribution is 0.567. The van der Waals surface area contributed by atoms with Gasteiger partial charge in [-0.2, -0.15) is 0 Å². The second-order valence-corrected chi connectivity index (χ2v) is 7.81. The van der Waals surface area contributed by atoms with Crippen molar-refractivity contribution in [3.63, 3.8) is 0 Å². The topological polar surface area (TPSA) is 51.8 Å². The standard InChI is InChI=1S/C10H9N.C9H11N.C8H7NO.3C2H6/c1-8-6-7-9-4-2-3-5-10(9)11-8;1-7-5-6-8-3-2-4-9(8)10-7;1-6-5-7-3-2-4-9-8(7)10-6;3*1-2/h2-7H,1H3;5-6H,2-4H2,1H3;2-5H,1H3;3*1-2H3. The van der Waals surface area contributed by atoms with Gasteiger partial charge in [-0.3, -0.25) is 9.97 Å². The minimum atomic E-state index is 0.722. The van der Waals surface area contributed by atoms with Crippen LogP contribution in [0.25, 0.3) is 22.0 Å². The summed E-state index contributed by atoms with van der Waals surface area (Å²) in [5.74, 6) is 0.911. The molecule has 0 aliphatic heterocycles. The fraction of sp³-hybridized carbons (Fsp3) is 0.364. The zero-order chi connectivity index (χ0) is 27.6. The average Bonchev–Trinajstić information content (AvgIpc) is 3.58. The number of benzene rings is 1. The Morgan fingerprint density at radius 3 is 2.03 bits per heavy atom. The number of hydrogen-bond acceptors (Lipinski definition) is 4. The predicted octanol–water partition coefficient (Wildman–Crippen LogP) is 9.64. The van der Waals surface area contributed by atoms with E-state index in [4.69, 9.17) is 4.42 Å². The quantitative estimate of drug-likeness (QED) is 0.213. The molecular formula is C33H45N3O. The number of para-hydroxylation sites is 1. The molecule has 0 amide bonds. The van der Waals surface area contributed by atoms with Gasteiger partial charge in [-0.25, -0.2) is 4.98 Å². The van der Waals surface area contributed by atoms with E-state index in [-0.39, 0.29) is 0 Å². The number of pyridine rings is 3. The summed E-state index contributed by atoms with van der Waals surface area (Å²) in [6.45, 7) is 18.0. The smallest absolute Gasteiger partial charge is 0.226 e. The molecule has 0 spiro atoms. The van der Waals surface area contributed by atoms with Crippen LogP contribution in [0.4, 0.5) is 0 Å². The van der Waals surface area contributed by atoms with Crippen LogP contribution in [-0.2, 0) is 12.8 Å². The first-order valence-electron chi connectivity index (χ1n) is 13.7. The summed E-state index contributed by atoms with van der Waals surface area (Å²) in [4.78, 5) is 12.9. The molecule has 6 rings (SSSR count). The van der Waals surface area contributed by atoms with Gasteiger partial charge in [0.2, 0.25) is 5.71 Å². The monoisotopic (exact) mass is 499 g/mol. The number of hydrogen-bond donors (Lipinski definition) is 0. The molecule has 1 aliphatic rings. The molecule has 1 aliphatic carbocycles. The van der Waals surface area contributed by atoms with Crippen molar-refractivity contribution in [2.24, 2.45) is 0 Å². The molecule has 0 saturated heterocycles. The lowest BCUT2D eigenvalue weighted by Crippen LogP contribution is -1.89. The molecule has 0 bridgehead atoms. The highest BCUT2D eigenvalue weighted by Gasteiger charge is 2.10. The van der Waals surface area contributed by atoms with Crippen molar-refractivity contribution in [2.45, 2.75) is 81.6 Å². The zero-order valence-electron chi connectivity index (χ0n) is 24.3. The summed E-state index contributed by atoms with van der Waals surface area (Å²) in [5, 5.41) is 2.28. The molecule has 0 N–H and O–H groups in total. The van der Waals surface area contributed by atoms with Gasteiger partial charge in [0, 0.05) is 34.1 Å². The van der Waals surface area contributed by atoms with Crippen molar-refractivity contribution in [2.75, 3.05) is 0 Å². The molecule has 5 aromatic rings. The molecule has 0 fully saturated rings. The van der Waals surface area contributed by atoms with Crippen LogP contribution in [0.15, 0.2) is 77.3 Å². The first kappa shape index (κ1) is 31.5. The number of nitrogens with zero attached hydrogens (tertiary/aromatic N) is 3.